The Morgan fingerprint density at radius 2 is 1.78 bits per heavy atom. The summed E-state index contributed by atoms with van der Waals surface area (Å²) in [7, 11) is 0. The van der Waals surface area contributed by atoms with Crippen LogP contribution in [0.4, 0.5) is 0 Å². The van der Waals surface area contributed by atoms with E-state index in [9.17, 15) is 0 Å². The molecule has 0 spiro atoms. The fraction of sp³-hybridized carbons (Fsp3) is 0.167. The topological polar surface area (TPSA) is 38.9 Å². The van der Waals surface area contributed by atoms with Gasteiger partial charge in [0.25, 0.3) is 0 Å². The highest BCUT2D eigenvalue weighted by Gasteiger charge is 2.14. The van der Waals surface area contributed by atoms with Gasteiger partial charge in [0.15, 0.2) is 0 Å². The van der Waals surface area contributed by atoms with E-state index in [4.69, 9.17) is 9.40 Å². The Morgan fingerprint density at radius 3 is 2.63 bits per heavy atom. The molecule has 3 nitrogen and oxygen atoms in total. The van der Waals surface area contributed by atoms with Crippen molar-refractivity contribution < 1.29 is 4.42 Å². The minimum atomic E-state index is 0.499. The maximum Gasteiger partial charge on any atom is 0.227 e. The van der Waals surface area contributed by atoms with E-state index in [1.165, 1.54) is 10.9 Å². The van der Waals surface area contributed by atoms with Crippen LogP contribution in [0.2, 0.25) is 0 Å². The lowest BCUT2D eigenvalue weighted by atomic mass is 9.99. The molecule has 0 saturated carbocycles. The zero-order valence-corrected chi connectivity index (χ0v) is 15.7. The van der Waals surface area contributed by atoms with Crippen LogP contribution in [-0.4, -0.2) is 9.97 Å². The van der Waals surface area contributed by atoms with E-state index in [-0.39, 0.29) is 0 Å². The van der Waals surface area contributed by atoms with Gasteiger partial charge in [-0.15, -0.1) is 0 Å². The smallest absolute Gasteiger partial charge is 0.227 e. The minimum absolute atomic E-state index is 0.499. The van der Waals surface area contributed by atoms with Gasteiger partial charge >= 0.3 is 0 Å². The Labute approximate surface area is 157 Å². The molecule has 132 valence electrons. The molecular formula is C24H20N2O. The summed E-state index contributed by atoms with van der Waals surface area (Å²) in [5, 5.41) is 4.47. The Hall–Kier alpha value is -3.20. The van der Waals surface area contributed by atoms with Crippen LogP contribution in [-0.2, 0) is 0 Å². The average molecular weight is 352 g/mol. The predicted molar refractivity (Wildman–Crippen MR) is 111 cm³/mol. The van der Waals surface area contributed by atoms with Crippen molar-refractivity contribution in [2.75, 3.05) is 0 Å². The lowest BCUT2D eigenvalue weighted by Gasteiger charge is -2.08. The number of hydrogen-bond donors (Lipinski definition) is 0. The van der Waals surface area contributed by atoms with E-state index < -0.39 is 0 Å². The summed E-state index contributed by atoms with van der Waals surface area (Å²) in [6.45, 7) is 6.41. The third-order valence-corrected chi connectivity index (χ3v) is 5.19. The van der Waals surface area contributed by atoms with E-state index in [1.807, 2.05) is 19.2 Å². The molecule has 0 unspecified atom stereocenters. The van der Waals surface area contributed by atoms with Crippen LogP contribution >= 0.6 is 0 Å². The molecular weight excluding hydrogens is 332 g/mol. The number of furan rings is 1. The largest absolute Gasteiger partial charge is 0.437 e. The molecule has 3 aromatic heterocycles. The Bertz CT molecular complexity index is 1310. The molecule has 5 aromatic rings. The zero-order valence-electron chi connectivity index (χ0n) is 15.7. The summed E-state index contributed by atoms with van der Waals surface area (Å²) >= 11 is 0. The number of hydrogen-bond acceptors (Lipinski definition) is 3. The third-order valence-electron chi connectivity index (χ3n) is 5.19. The average Bonchev–Trinajstić information content (AvgIpc) is 3.04. The molecule has 2 aromatic carbocycles. The van der Waals surface area contributed by atoms with Gasteiger partial charge in [-0.05, 0) is 48.1 Å². The first-order valence-corrected chi connectivity index (χ1v) is 9.29. The van der Waals surface area contributed by atoms with Crippen LogP contribution in [0.15, 0.2) is 65.2 Å². The van der Waals surface area contributed by atoms with Gasteiger partial charge in [0, 0.05) is 33.6 Å². The lowest BCUT2D eigenvalue weighted by molar-refractivity contribution is 0.653. The lowest BCUT2D eigenvalue weighted by Crippen LogP contribution is -1.89. The molecule has 0 radical (unpaired) electrons. The van der Waals surface area contributed by atoms with Crippen LogP contribution in [0.3, 0.4) is 0 Å². The van der Waals surface area contributed by atoms with Gasteiger partial charge in [-0.1, -0.05) is 44.2 Å². The van der Waals surface area contributed by atoms with Gasteiger partial charge in [-0.25, -0.2) is 4.98 Å². The SMILES string of the molecule is Cc1ccc2c(n1)oc1c(-c3cc4cc(C(C)C)ccc4cn3)cccc12. The first kappa shape index (κ1) is 16.0. The first-order valence-electron chi connectivity index (χ1n) is 9.29. The van der Waals surface area contributed by atoms with E-state index in [1.54, 1.807) is 0 Å². The summed E-state index contributed by atoms with van der Waals surface area (Å²) in [5.41, 5.74) is 5.73. The maximum absolute atomic E-state index is 6.14. The quantitative estimate of drug-likeness (QED) is 0.358. The molecule has 0 N–H and O–H groups in total. The van der Waals surface area contributed by atoms with Crippen molar-refractivity contribution in [3.63, 3.8) is 0 Å². The van der Waals surface area contributed by atoms with Gasteiger partial charge < -0.3 is 4.42 Å². The Balaban J connectivity index is 1.76. The summed E-state index contributed by atoms with van der Waals surface area (Å²) in [4.78, 5) is 9.25. The highest BCUT2D eigenvalue weighted by Crippen LogP contribution is 2.35. The van der Waals surface area contributed by atoms with Crippen molar-refractivity contribution in [2.24, 2.45) is 0 Å². The third kappa shape index (κ3) is 2.58. The molecule has 0 saturated heterocycles. The molecule has 0 aliphatic rings. The number of nitrogens with zero attached hydrogens (tertiary/aromatic N) is 2. The van der Waals surface area contributed by atoms with Gasteiger partial charge in [0.2, 0.25) is 5.71 Å². The maximum atomic E-state index is 6.14. The molecule has 0 fully saturated rings. The van der Waals surface area contributed by atoms with Crippen molar-refractivity contribution in [3.8, 4) is 11.3 Å². The number of fused-ring (bicyclic) bond motifs is 4. The molecule has 3 heteroatoms. The fourth-order valence-electron chi connectivity index (χ4n) is 3.64. The van der Waals surface area contributed by atoms with Crippen molar-refractivity contribution in [3.05, 3.63) is 72.1 Å². The van der Waals surface area contributed by atoms with Crippen LogP contribution < -0.4 is 0 Å². The highest BCUT2D eigenvalue weighted by molar-refractivity contribution is 6.08. The molecule has 0 aliphatic heterocycles. The molecule has 5 rings (SSSR count). The fourth-order valence-corrected chi connectivity index (χ4v) is 3.64. The minimum Gasteiger partial charge on any atom is -0.437 e. The first-order chi connectivity index (χ1) is 13.1. The molecule has 0 atom stereocenters. The second kappa shape index (κ2) is 5.92. The number of rotatable bonds is 2. The molecule has 0 aliphatic carbocycles. The van der Waals surface area contributed by atoms with Crippen LogP contribution in [0, 0.1) is 6.92 Å². The van der Waals surface area contributed by atoms with Crippen molar-refractivity contribution in [2.45, 2.75) is 26.7 Å². The van der Waals surface area contributed by atoms with E-state index in [0.717, 1.165) is 38.7 Å². The monoisotopic (exact) mass is 352 g/mol. The summed E-state index contributed by atoms with van der Waals surface area (Å²) in [6, 6.07) is 19.1. The van der Waals surface area contributed by atoms with Gasteiger partial charge in [-0.3, -0.25) is 4.98 Å². The summed E-state index contributed by atoms with van der Waals surface area (Å²) in [5.74, 6) is 0.499. The second-order valence-electron chi connectivity index (χ2n) is 7.42. The van der Waals surface area contributed by atoms with Gasteiger partial charge in [-0.2, -0.15) is 0 Å². The van der Waals surface area contributed by atoms with Crippen molar-refractivity contribution in [1.82, 2.24) is 9.97 Å². The number of benzene rings is 2. The van der Waals surface area contributed by atoms with Crippen molar-refractivity contribution >= 4 is 32.8 Å². The zero-order chi connectivity index (χ0) is 18.5. The van der Waals surface area contributed by atoms with Gasteiger partial charge in [0.1, 0.15) is 5.58 Å². The standard InChI is InChI=1S/C24H20N2O/c1-14(2)16-8-9-17-13-25-22(12-18(17)11-16)21-6-4-5-19-20-10-7-15(3)26-24(20)27-23(19)21/h4-14H,1-3H3. The predicted octanol–water partition coefficient (Wildman–Crippen LogP) is 6.63. The Morgan fingerprint density at radius 1 is 0.889 bits per heavy atom. The number of aryl methyl sites for hydroxylation is 1. The van der Waals surface area contributed by atoms with E-state index in [0.29, 0.717) is 11.6 Å². The molecule has 0 bridgehead atoms. The highest BCUT2D eigenvalue weighted by atomic mass is 16.3. The number of pyridine rings is 2. The number of aromatic nitrogens is 2. The Kier molecular flexibility index (Phi) is 3.51. The molecule has 3 heterocycles. The van der Waals surface area contributed by atoms with E-state index >= 15 is 0 Å². The van der Waals surface area contributed by atoms with Crippen molar-refractivity contribution in [1.29, 1.82) is 0 Å². The van der Waals surface area contributed by atoms with Crippen LogP contribution in [0.5, 0.6) is 0 Å². The summed E-state index contributed by atoms with van der Waals surface area (Å²) < 4.78 is 6.14. The molecule has 27 heavy (non-hydrogen) atoms. The normalized spacial score (nSPS) is 11.9. The van der Waals surface area contributed by atoms with Gasteiger partial charge in [0.05, 0.1) is 5.69 Å². The van der Waals surface area contributed by atoms with Crippen LogP contribution in [0.1, 0.15) is 31.0 Å². The summed E-state index contributed by atoms with van der Waals surface area (Å²) in [6.07, 6.45) is 1.94. The van der Waals surface area contributed by atoms with E-state index in [2.05, 4.69) is 67.4 Å². The second-order valence-corrected chi connectivity index (χ2v) is 7.42. The van der Waals surface area contributed by atoms with Crippen LogP contribution in [0.25, 0.3) is 44.1 Å². The molecule has 0 amide bonds. The number of para-hydroxylation sites is 1.